The van der Waals surface area contributed by atoms with E-state index in [4.69, 9.17) is 0 Å². The second-order valence-electron chi connectivity index (χ2n) is 5.60. The number of hydrogen-bond acceptors (Lipinski definition) is 2. The molecule has 25 heavy (non-hydrogen) atoms. The third-order valence-corrected chi connectivity index (χ3v) is 4.54. The van der Waals surface area contributed by atoms with E-state index in [0.717, 1.165) is 15.6 Å². The fourth-order valence-electron chi connectivity index (χ4n) is 2.40. The minimum Gasteiger partial charge on any atom is -0.396 e. The SMILES string of the molecule is CCNC(=NCc1cc(F)ccc1Br)NCC(CO)c1ccccc1. The fraction of sp³-hybridized carbons (Fsp3) is 0.316. The van der Waals surface area contributed by atoms with Gasteiger partial charge in [-0.15, -0.1) is 0 Å². The predicted molar refractivity (Wildman–Crippen MR) is 103 cm³/mol. The summed E-state index contributed by atoms with van der Waals surface area (Å²) in [5.74, 6) is 0.329. The number of halogens is 2. The van der Waals surface area contributed by atoms with Crippen molar-refractivity contribution in [2.45, 2.75) is 19.4 Å². The van der Waals surface area contributed by atoms with Crippen LogP contribution in [0.1, 0.15) is 24.0 Å². The van der Waals surface area contributed by atoms with E-state index in [1.807, 2.05) is 37.3 Å². The Morgan fingerprint density at radius 2 is 1.96 bits per heavy atom. The monoisotopic (exact) mass is 407 g/mol. The second-order valence-corrected chi connectivity index (χ2v) is 6.46. The van der Waals surface area contributed by atoms with E-state index in [1.54, 1.807) is 6.07 Å². The van der Waals surface area contributed by atoms with Crippen molar-refractivity contribution in [3.05, 3.63) is 69.9 Å². The van der Waals surface area contributed by atoms with E-state index in [-0.39, 0.29) is 18.3 Å². The van der Waals surface area contributed by atoms with E-state index < -0.39 is 0 Å². The molecule has 0 spiro atoms. The van der Waals surface area contributed by atoms with E-state index in [2.05, 4.69) is 31.6 Å². The fourth-order valence-corrected chi connectivity index (χ4v) is 2.78. The molecule has 0 aliphatic carbocycles. The van der Waals surface area contributed by atoms with Gasteiger partial charge < -0.3 is 15.7 Å². The molecule has 0 saturated carbocycles. The Kier molecular flexibility index (Phi) is 7.88. The molecule has 0 amide bonds. The summed E-state index contributed by atoms with van der Waals surface area (Å²) < 4.78 is 14.2. The van der Waals surface area contributed by atoms with Crippen LogP contribution >= 0.6 is 15.9 Å². The summed E-state index contributed by atoms with van der Waals surface area (Å²) in [6.45, 7) is 3.65. The molecule has 4 nitrogen and oxygen atoms in total. The van der Waals surface area contributed by atoms with Gasteiger partial charge in [0, 0.05) is 23.5 Å². The Morgan fingerprint density at radius 1 is 1.20 bits per heavy atom. The zero-order valence-electron chi connectivity index (χ0n) is 14.2. The summed E-state index contributed by atoms with van der Waals surface area (Å²) in [4.78, 5) is 4.50. The van der Waals surface area contributed by atoms with Crippen LogP contribution in [0.4, 0.5) is 4.39 Å². The number of aliphatic hydroxyl groups excluding tert-OH is 1. The van der Waals surface area contributed by atoms with Gasteiger partial charge in [-0.25, -0.2) is 9.38 Å². The van der Waals surface area contributed by atoms with Gasteiger partial charge in [-0.05, 0) is 36.2 Å². The highest BCUT2D eigenvalue weighted by Gasteiger charge is 2.11. The highest BCUT2D eigenvalue weighted by Crippen LogP contribution is 2.18. The Hall–Kier alpha value is -1.92. The molecule has 1 atom stereocenters. The van der Waals surface area contributed by atoms with Crippen molar-refractivity contribution in [3.63, 3.8) is 0 Å². The maximum absolute atomic E-state index is 13.4. The van der Waals surface area contributed by atoms with Gasteiger partial charge in [0.1, 0.15) is 5.82 Å². The topological polar surface area (TPSA) is 56.7 Å². The van der Waals surface area contributed by atoms with Crippen molar-refractivity contribution in [1.29, 1.82) is 0 Å². The molecule has 0 aromatic heterocycles. The Labute approximate surface area is 156 Å². The van der Waals surface area contributed by atoms with Crippen LogP contribution in [0.25, 0.3) is 0 Å². The first kappa shape index (κ1) is 19.4. The van der Waals surface area contributed by atoms with Crippen LogP contribution in [0.2, 0.25) is 0 Å². The number of guanidine groups is 1. The standard InChI is InChI=1S/C19H23BrFN3O/c1-2-22-19(23-11-15-10-17(21)8-9-18(15)20)24-12-16(13-25)14-6-4-3-5-7-14/h3-10,16,25H,2,11-13H2,1H3,(H2,22,23,24). The molecular weight excluding hydrogens is 385 g/mol. The first-order chi connectivity index (χ1) is 12.1. The molecule has 0 heterocycles. The molecule has 0 fully saturated rings. The Balaban J connectivity index is 2.03. The molecule has 6 heteroatoms. The quantitative estimate of drug-likeness (QED) is 0.486. The lowest BCUT2D eigenvalue weighted by Gasteiger charge is -2.18. The molecule has 1 unspecified atom stereocenters. The first-order valence-electron chi connectivity index (χ1n) is 8.26. The van der Waals surface area contributed by atoms with Gasteiger partial charge in [-0.3, -0.25) is 0 Å². The van der Waals surface area contributed by atoms with E-state index >= 15 is 0 Å². The summed E-state index contributed by atoms with van der Waals surface area (Å²) in [5, 5.41) is 16.1. The first-order valence-corrected chi connectivity index (χ1v) is 9.05. The smallest absolute Gasteiger partial charge is 0.191 e. The number of nitrogens with zero attached hydrogens (tertiary/aromatic N) is 1. The van der Waals surface area contributed by atoms with Gasteiger partial charge in [0.25, 0.3) is 0 Å². The average molecular weight is 408 g/mol. The van der Waals surface area contributed by atoms with Gasteiger partial charge in [-0.2, -0.15) is 0 Å². The van der Waals surface area contributed by atoms with Crippen LogP contribution in [0, 0.1) is 5.82 Å². The van der Waals surface area contributed by atoms with Crippen molar-refractivity contribution in [1.82, 2.24) is 10.6 Å². The molecule has 134 valence electrons. The predicted octanol–water partition coefficient (Wildman–Crippen LogP) is 3.42. The zero-order chi connectivity index (χ0) is 18.1. The van der Waals surface area contributed by atoms with Gasteiger partial charge in [-0.1, -0.05) is 46.3 Å². The normalized spacial score (nSPS) is 12.7. The van der Waals surface area contributed by atoms with Crippen molar-refractivity contribution < 1.29 is 9.50 Å². The number of benzene rings is 2. The number of aliphatic imine (C=N–C) groups is 1. The van der Waals surface area contributed by atoms with Crippen LogP contribution in [-0.2, 0) is 6.54 Å². The number of rotatable bonds is 7. The minimum atomic E-state index is -0.282. The Morgan fingerprint density at radius 3 is 2.64 bits per heavy atom. The average Bonchev–Trinajstić information content (AvgIpc) is 2.63. The van der Waals surface area contributed by atoms with Gasteiger partial charge in [0.15, 0.2) is 5.96 Å². The van der Waals surface area contributed by atoms with Crippen molar-refractivity contribution >= 4 is 21.9 Å². The van der Waals surface area contributed by atoms with Crippen LogP contribution in [0.3, 0.4) is 0 Å². The molecule has 2 aromatic carbocycles. The largest absolute Gasteiger partial charge is 0.396 e. The molecule has 0 aliphatic heterocycles. The third kappa shape index (κ3) is 6.14. The molecule has 0 saturated heterocycles. The summed E-state index contributed by atoms with van der Waals surface area (Å²) in [6, 6.07) is 14.4. The summed E-state index contributed by atoms with van der Waals surface area (Å²) in [6.07, 6.45) is 0. The number of nitrogens with one attached hydrogen (secondary N) is 2. The Bertz CT molecular complexity index is 694. The summed E-state index contributed by atoms with van der Waals surface area (Å²) in [7, 11) is 0. The lowest BCUT2D eigenvalue weighted by Crippen LogP contribution is -2.39. The van der Waals surface area contributed by atoms with Crippen LogP contribution in [-0.4, -0.2) is 30.8 Å². The molecule has 0 radical (unpaired) electrons. The van der Waals surface area contributed by atoms with E-state index in [9.17, 15) is 9.50 Å². The summed E-state index contributed by atoms with van der Waals surface area (Å²) >= 11 is 3.41. The van der Waals surface area contributed by atoms with E-state index in [0.29, 0.717) is 25.6 Å². The van der Waals surface area contributed by atoms with Gasteiger partial charge in [0.05, 0.1) is 13.2 Å². The third-order valence-electron chi connectivity index (χ3n) is 3.77. The number of hydrogen-bond donors (Lipinski definition) is 3. The molecule has 3 N–H and O–H groups in total. The molecule has 2 rings (SSSR count). The maximum atomic E-state index is 13.4. The molecule has 2 aromatic rings. The van der Waals surface area contributed by atoms with Crippen LogP contribution in [0.5, 0.6) is 0 Å². The highest BCUT2D eigenvalue weighted by molar-refractivity contribution is 9.10. The number of aliphatic hydroxyl groups is 1. The lowest BCUT2D eigenvalue weighted by atomic mass is 10.0. The van der Waals surface area contributed by atoms with Gasteiger partial charge >= 0.3 is 0 Å². The highest BCUT2D eigenvalue weighted by atomic mass is 79.9. The second kappa shape index (κ2) is 10.2. The van der Waals surface area contributed by atoms with Crippen molar-refractivity contribution in [2.75, 3.05) is 19.7 Å². The molecule has 0 aliphatic rings. The van der Waals surface area contributed by atoms with Crippen LogP contribution < -0.4 is 10.6 Å². The summed E-state index contributed by atoms with van der Waals surface area (Å²) in [5.41, 5.74) is 1.85. The van der Waals surface area contributed by atoms with Crippen molar-refractivity contribution in [3.8, 4) is 0 Å². The van der Waals surface area contributed by atoms with Crippen molar-refractivity contribution in [2.24, 2.45) is 4.99 Å². The maximum Gasteiger partial charge on any atom is 0.191 e. The zero-order valence-corrected chi connectivity index (χ0v) is 15.8. The van der Waals surface area contributed by atoms with Crippen LogP contribution in [0.15, 0.2) is 58.0 Å². The van der Waals surface area contributed by atoms with E-state index in [1.165, 1.54) is 12.1 Å². The molecular formula is C19H23BrFN3O. The molecule has 0 bridgehead atoms. The lowest BCUT2D eigenvalue weighted by molar-refractivity contribution is 0.265. The van der Waals surface area contributed by atoms with Gasteiger partial charge in [0.2, 0.25) is 0 Å². The minimum absolute atomic E-state index is 0.0223.